The van der Waals surface area contributed by atoms with E-state index in [9.17, 15) is 13.6 Å². The van der Waals surface area contributed by atoms with Gasteiger partial charge in [0, 0.05) is 29.8 Å². The second kappa shape index (κ2) is 6.97. The Morgan fingerprint density at radius 2 is 1.71 bits per heavy atom. The van der Waals surface area contributed by atoms with E-state index in [1.807, 2.05) is 36.4 Å². The number of carbonyl (C=O) groups excluding carboxylic acids is 1. The Hall–Kier alpha value is -3.09. The fraction of sp³-hybridized carbons (Fsp3) is 0.240. The number of carbonyl (C=O) groups is 1. The zero-order valence-electron chi connectivity index (χ0n) is 16.6. The largest absolute Gasteiger partial charge is 0.356 e. The van der Waals surface area contributed by atoms with Crippen molar-refractivity contribution in [1.29, 1.82) is 0 Å². The van der Waals surface area contributed by atoms with Gasteiger partial charge in [0.05, 0.1) is 0 Å². The molecule has 0 saturated carbocycles. The molecule has 31 heavy (non-hydrogen) atoms. The molecule has 0 spiro atoms. The molecule has 3 aromatic carbocycles. The third kappa shape index (κ3) is 2.98. The molecule has 3 aromatic rings. The molecule has 2 N–H and O–H groups in total. The van der Waals surface area contributed by atoms with Gasteiger partial charge in [-0.05, 0) is 71.1 Å². The molecule has 1 saturated heterocycles. The normalized spacial score (nSPS) is 23.0. The molecule has 0 aromatic heterocycles. The molecule has 3 atom stereocenters. The number of benzene rings is 3. The molecule has 1 fully saturated rings. The Balaban J connectivity index is 1.33. The maximum Gasteiger partial charge on any atom is 0.251 e. The van der Waals surface area contributed by atoms with Crippen LogP contribution in [0.4, 0.5) is 8.78 Å². The molecule has 3 aliphatic rings. The fourth-order valence-corrected chi connectivity index (χ4v) is 4.92. The molecule has 0 aliphatic carbocycles. The summed E-state index contributed by atoms with van der Waals surface area (Å²) in [5.74, 6) is -1.27. The third-order valence-electron chi connectivity index (χ3n) is 6.48. The van der Waals surface area contributed by atoms with E-state index in [0.717, 1.165) is 47.8 Å². The van der Waals surface area contributed by atoms with E-state index in [1.165, 1.54) is 12.1 Å². The van der Waals surface area contributed by atoms with Crippen LogP contribution in [0.2, 0.25) is 0 Å². The summed E-state index contributed by atoms with van der Waals surface area (Å²) >= 11 is 0. The van der Waals surface area contributed by atoms with E-state index < -0.39 is 11.6 Å². The van der Waals surface area contributed by atoms with Crippen molar-refractivity contribution in [2.75, 3.05) is 13.1 Å². The highest BCUT2D eigenvalue weighted by Gasteiger charge is 2.43. The van der Waals surface area contributed by atoms with Crippen molar-refractivity contribution in [1.82, 2.24) is 10.6 Å². The van der Waals surface area contributed by atoms with Gasteiger partial charge in [-0.1, -0.05) is 18.2 Å². The van der Waals surface area contributed by atoms with Crippen molar-refractivity contribution < 1.29 is 18.3 Å². The van der Waals surface area contributed by atoms with Crippen LogP contribution in [0.3, 0.4) is 0 Å². The first-order valence-electron chi connectivity index (χ1n) is 10.5. The van der Waals surface area contributed by atoms with Crippen LogP contribution in [0.15, 0.2) is 54.6 Å². The maximum atomic E-state index is 14.3. The van der Waals surface area contributed by atoms with Crippen molar-refractivity contribution in [3.05, 3.63) is 94.0 Å². The molecule has 0 radical (unpaired) electrons. The van der Waals surface area contributed by atoms with Crippen LogP contribution in [0, 0.1) is 11.6 Å². The van der Waals surface area contributed by atoms with Crippen LogP contribution in [-0.2, 0) is 4.74 Å². The van der Waals surface area contributed by atoms with Crippen LogP contribution in [-0.4, -0.2) is 25.0 Å². The lowest BCUT2D eigenvalue weighted by Gasteiger charge is -2.18. The summed E-state index contributed by atoms with van der Waals surface area (Å²) in [6, 6.07) is 15.2. The fourth-order valence-electron chi connectivity index (χ4n) is 4.92. The van der Waals surface area contributed by atoms with E-state index >= 15 is 0 Å². The second-order valence-electron chi connectivity index (χ2n) is 8.37. The number of fused-ring (bicyclic) bond motifs is 8. The predicted molar refractivity (Wildman–Crippen MR) is 112 cm³/mol. The first-order valence-corrected chi connectivity index (χ1v) is 10.5. The van der Waals surface area contributed by atoms with Crippen molar-refractivity contribution >= 4 is 5.91 Å². The SMILES string of the molecule is O=C(N[C@@H]1CCNC1)c1ccc2c(c1)[C@@H]1O[C@H]2c2ccc(-c3ccc(F)cc3F)cc21. The van der Waals surface area contributed by atoms with Gasteiger partial charge in [-0.2, -0.15) is 0 Å². The Bertz CT molecular complexity index is 1220. The molecular weight excluding hydrogens is 398 g/mol. The van der Waals surface area contributed by atoms with E-state index in [2.05, 4.69) is 10.6 Å². The lowest BCUT2D eigenvalue weighted by atomic mass is 9.83. The molecule has 156 valence electrons. The molecule has 2 bridgehead atoms. The minimum absolute atomic E-state index is 0.0818. The van der Waals surface area contributed by atoms with Gasteiger partial charge in [-0.15, -0.1) is 0 Å². The highest BCUT2D eigenvalue weighted by molar-refractivity contribution is 5.95. The van der Waals surface area contributed by atoms with Gasteiger partial charge in [-0.25, -0.2) is 8.78 Å². The molecule has 0 unspecified atom stereocenters. The topological polar surface area (TPSA) is 50.4 Å². The average molecular weight is 418 g/mol. The molecule has 6 rings (SSSR count). The summed E-state index contributed by atoms with van der Waals surface area (Å²) in [5, 5.41) is 6.32. The third-order valence-corrected chi connectivity index (χ3v) is 6.48. The quantitative estimate of drug-likeness (QED) is 0.669. The lowest BCUT2D eigenvalue weighted by Crippen LogP contribution is -2.36. The number of hydrogen-bond donors (Lipinski definition) is 2. The Morgan fingerprint density at radius 1 is 0.935 bits per heavy atom. The summed E-state index contributed by atoms with van der Waals surface area (Å²) in [6.45, 7) is 1.71. The summed E-state index contributed by atoms with van der Waals surface area (Å²) in [7, 11) is 0. The predicted octanol–water partition coefficient (Wildman–Crippen LogP) is 4.25. The summed E-state index contributed by atoms with van der Waals surface area (Å²) in [5.41, 5.74) is 5.71. The molecule has 4 nitrogen and oxygen atoms in total. The number of amides is 1. The summed E-state index contributed by atoms with van der Waals surface area (Å²) in [4.78, 5) is 12.7. The highest BCUT2D eigenvalue weighted by atomic mass is 19.1. The van der Waals surface area contributed by atoms with E-state index in [-0.39, 0.29) is 24.2 Å². The zero-order chi connectivity index (χ0) is 21.1. The van der Waals surface area contributed by atoms with Gasteiger partial charge < -0.3 is 15.4 Å². The standard InChI is InChI=1S/C25H20F2N2O2/c26-15-3-6-17(22(27)11-15)13-1-4-18-20(9-13)24-21-10-14(2-5-19(21)23(18)31-24)25(30)29-16-7-8-28-12-16/h1-6,9-11,16,23-24,28H,7-8,12H2,(H,29,30)/t16-,23+,24-/m1/s1. The van der Waals surface area contributed by atoms with E-state index in [1.54, 1.807) is 0 Å². The smallest absolute Gasteiger partial charge is 0.251 e. The van der Waals surface area contributed by atoms with Gasteiger partial charge >= 0.3 is 0 Å². The first kappa shape index (κ1) is 18.7. The number of ether oxygens (including phenoxy) is 1. The lowest BCUT2D eigenvalue weighted by molar-refractivity contribution is 0.0857. The number of nitrogens with one attached hydrogen (secondary N) is 2. The maximum absolute atomic E-state index is 14.3. The second-order valence-corrected chi connectivity index (χ2v) is 8.37. The Morgan fingerprint density at radius 3 is 2.48 bits per heavy atom. The van der Waals surface area contributed by atoms with Gasteiger partial charge in [0.25, 0.3) is 5.91 Å². The van der Waals surface area contributed by atoms with Crippen LogP contribution in [0.1, 0.15) is 51.2 Å². The van der Waals surface area contributed by atoms with E-state index in [4.69, 9.17) is 4.74 Å². The monoisotopic (exact) mass is 418 g/mol. The van der Waals surface area contributed by atoms with E-state index in [0.29, 0.717) is 16.7 Å². The molecule has 6 heteroatoms. The molecule has 1 amide bonds. The average Bonchev–Trinajstić information content (AvgIpc) is 3.49. The highest BCUT2D eigenvalue weighted by Crippen LogP contribution is 2.54. The minimum atomic E-state index is -0.599. The molecular formula is C25H20F2N2O2. The Labute approximate surface area is 178 Å². The van der Waals surface area contributed by atoms with Crippen molar-refractivity contribution in [3.8, 4) is 11.1 Å². The van der Waals surface area contributed by atoms with Crippen LogP contribution in [0.5, 0.6) is 0 Å². The zero-order valence-corrected chi connectivity index (χ0v) is 16.6. The number of hydrogen-bond acceptors (Lipinski definition) is 3. The summed E-state index contributed by atoms with van der Waals surface area (Å²) in [6.07, 6.45) is 0.457. The Kier molecular flexibility index (Phi) is 4.20. The minimum Gasteiger partial charge on any atom is -0.356 e. The number of rotatable bonds is 3. The van der Waals surface area contributed by atoms with Crippen LogP contribution in [0.25, 0.3) is 11.1 Å². The van der Waals surface area contributed by atoms with Crippen molar-refractivity contribution in [2.45, 2.75) is 24.7 Å². The van der Waals surface area contributed by atoms with Gasteiger partial charge in [0.15, 0.2) is 0 Å². The molecule has 3 aliphatic heterocycles. The van der Waals surface area contributed by atoms with Crippen LogP contribution >= 0.6 is 0 Å². The van der Waals surface area contributed by atoms with Gasteiger partial charge in [-0.3, -0.25) is 4.79 Å². The van der Waals surface area contributed by atoms with Gasteiger partial charge in [0.2, 0.25) is 0 Å². The van der Waals surface area contributed by atoms with Crippen molar-refractivity contribution in [3.63, 3.8) is 0 Å². The first-order chi connectivity index (χ1) is 15.1. The number of halogens is 2. The molecule has 3 heterocycles. The van der Waals surface area contributed by atoms with Crippen molar-refractivity contribution in [2.24, 2.45) is 0 Å². The van der Waals surface area contributed by atoms with Gasteiger partial charge in [0.1, 0.15) is 23.8 Å². The summed E-state index contributed by atoms with van der Waals surface area (Å²) < 4.78 is 33.8. The van der Waals surface area contributed by atoms with Crippen LogP contribution < -0.4 is 10.6 Å².